The van der Waals surface area contributed by atoms with Crippen LogP contribution in [-0.2, 0) is 0 Å². The Bertz CT molecular complexity index is 3570. The van der Waals surface area contributed by atoms with Crippen LogP contribution in [0, 0.1) is 0 Å². The maximum Gasteiger partial charge on any atom is 0.160 e. The van der Waals surface area contributed by atoms with Crippen LogP contribution in [0.3, 0.4) is 0 Å². The fourth-order valence-electron chi connectivity index (χ4n) is 8.22. The lowest BCUT2D eigenvalue weighted by molar-refractivity contribution is 0.669. The SMILES string of the molecule is c1ccc(-c2ccc(-c3nc(-c4cccc(-c5cccc(-c6cccc7nc8cc9oc%10ccccc%10c9cc8nc67)c5)c4)nc4c3sc3ccccc34)cc2)cc1. The van der Waals surface area contributed by atoms with Gasteiger partial charge in [-0.1, -0.05) is 140 Å². The molecule has 0 spiro atoms. The molecule has 0 aliphatic rings. The molecule has 0 fully saturated rings. The summed E-state index contributed by atoms with van der Waals surface area (Å²) in [7, 11) is 0. The summed E-state index contributed by atoms with van der Waals surface area (Å²) in [5.74, 6) is 0.701. The summed E-state index contributed by atoms with van der Waals surface area (Å²) in [6.45, 7) is 0. The highest BCUT2D eigenvalue weighted by atomic mass is 32.1. The molecule has 58 heavy (non-hydrogen) atoms. The van der Waals surface area contributed by atoms with Gasteiger partial charge in [-0.15, -0.1) is 11.3 Å². The Morgan fingerprint density at radius 2 is 1.02 bits per heavy atom. The van der Waals surface area contributed by atoms with Gasteiger partial charge in [0.05, 0.1) is 38.0 Å². The molecule has 0 N–H and O–H groups in total. The molecule has 0 aliphatic carbocycles. The number of rotatable bonds is 5. The number of fused-ring (bicyclic) bond motifs is 8. The highest BCUT2D eigenvalue weighted by Gasteiger charge is 2.18. The van der Waals surface area contributed by atoms with Gasteiger partial charge in [0.25, 0.3) is 0 Å². The van der Waals surface area contributed by atoms with Crippen LogP contribution in [-0.4, -0.2) is 19.9 Å². The second kappa shape index (κ2) is 13.0. The van der Waals surface area contributed by atoms with Crippen LogP contribution in [0.1, 0.15) is 0 Å². The zero-order valence-corrected chi connectivity index (χ0v) is 31.7. The van der Waals surface area contributed by atoms with Gasteiger partial charge >= 0.3 is 0 Å². The van der Waals surface area contributed by atoms with Gasteiger partial charge in [0.2, 0.25) is 0 Å². The lowest BCUT2D eigenvalue weighted by Crippen LogP contribution is -1.94. The van der Waals surface area contributed by atoms with E-state index in [9.17, 15) is 0 Å². The highest BCUT2D eigenvalue weighted by molar-refractivity contribution is 7.26. The lowest BCUT2D eigenvalue weighted by Gasteiger charge is -2.11. The van der Waals surface area contributed by atoms with Gasteiger partial charge in [-0.2, -0.15) is 0 Å². The van der Waals surface area contributed by atoms with E-state index in [1.165, 1.54) is 15.8 Å². The van der Waals surface area contributed by atoms with Crippen LogP contribution in [0.15, 0.2) is 186 Å². The standard InChI is InChI=1S/C52H30N4OS/c1-2-11-31(12-3-1)32-23-25-33(26-24-32)48-51-50(40-18-5-7-22-47(40)58-51)56-52(55-48)37-16-9-14-35(28-37)34-13-8-15-36(27-34)38-19-10-20-42-49(38)54-43-29-41-39-17-4-6-21-45(39)57-46(41)30-44(43)53-42/h1-30H. The van der Waals surface area contributed by atoms with E-state index in [0.29, 0.717) is 5.82 Å². The van der Waals surface area contributed by atoms with Gasteiger partial charge in [-0.3, -0.25) is 0 Å². The van der Waals surface area contributed by atoms with Gasteiger partial charge in [0.1, 0.15) is 11.2 Å². The summed E-state index contributed by atoms with van der Waals surface area (Å²) in [5, 5.41) is 3.26. The normalized spacial score (nSPS) is 11.8. The number of benzene rings is 8. The third-order valence-corrected chi connectivity index (χ3v) is 12.2. The molecule has 0 bridgehead atoms. The van der Waals surface area contributed by atoms with Gasteiger partial charge in [-0.25, -0.2) is 19.9 Å². The molecule has 0 saturated heterocycles. The van der Waals surface area contributed by atoms with Crippen molar-refractivity contribution in [1.82, 2.24) is 19.9 Å². The minimum absolute atomic E-state index is 0.701. The third kappa shape index (κ3) is 5.38. The van der Waals surface area contributed by atoms with Crippen LogP contribution in [0.5, 0.6) is 0 Å². The first kappa shape index (κ1) is 32.7. The number of thiophene rings is 1. The molecular weight excluding hydrogens is 729 g/mol. The molecule has 0 saturated carbocycles. The van der Waals surface area contributed by atoms with Gasteiger partial charge in [0.15, 0.2) is 5.82 Å². The zero-order chi connectivity index (χ0) is 38.2. The van der Waals surface area contributed by atoms with E-state index in [1.807, 2.05) is 36.4 Å². The molecule has 0 amide bonds. The first-order chi connectivity index (χ1) is 28.7. The van der Waals surface area contributed by atoms with E-state index < -0.39 is 0 Å². The Labute approximate surface area is 336 Å². The second-order valence-electron chi connectivity index (χ2n) is 14.6. The lowest BCUT2D eigenvalue weighted by atomic mass is 9.97. The van der Waals surface area contributed by atoms with Crippen molar-refractivity contribution in [1.29, 1.82) is 0 Å². The van der Waals surface area contributed by atoms with Crippen LogP contribution >= 0.6 is 11.3 Å². The Morgan fingerprint density at radius 1 is 0.362 bits per heavy atom. The fraction of sp³-hybridized carbons (Fsp3) is 0. The minimum atomic E-state index is 0.701. The predicted molar refractivity (Wildman–Crippen MR) is 240 cm³/mol. The fourth-order valence-corrected chi connectivity index (χ4v) is 9.38. The van der Waals surface area contributed by atoms with Crippen molar-refractivity contribution in [2.45, 2.75) is 0 Å². The molecule has 4 heterocycles. The van der Waals surface area contributed by atoms with E-state index >= 15 is 0 Å². The van der Waals surface area contributed by atoms with Crippen LogP contribution in [0.25, 0.3) is 120 Å². The van der Waals surface area contributed by atoms with Crippen molar-refractivity contribution < 1.29 is 4.42 Å². The molecule has 6 heteroatoms. The third-order valence-electron chi connectivity index (χ3n) is 11.1. The van der Waals surface area contributed by atoms with Crippen molar-refractivity contribution in [3.63, 3.8) is 0 Å². The summed E-state index contributed by atoms with van der Waals surface area (Å²) >= 11 is 1.75. The number of para-hydroxylation sites is 2. The van der Waals surface area contributed by atoms with E-state index in [1.54, 1.807) is 11.3 Å². The maximum absolute atomic E-state index is 6.16. The van der Waals surface area contributed by atoms with Crippen LogP contribution < -0.4 is 0 Å². The van der Waals surface area contributed by atoms with E-state index in [2.05, 4.69) is 146 Å². The highest BCUT2D eigenvalue weighted by Crippen LogP contribution is 2.41. The molecule has 0 aliphatic heterocycles. The average molecular weight is 759 g/mol. The first-order valence-corrected chi connectivity index (χ1v) is 20.1. The van der Waals surface area contributed by atoms with E-state index in [4.69, 9.17) is 24.4 Å². The topological polar surface area (TPSA) is 64.7 Å². The smallest absolute Gasteiger partial charge is 0.160 e. The molecule has 8 aromatic carbocycles. The second-order valence-corrected chi connectivity index (χ2v) is 15.7. The van der Waals surface area contributed by atoms with Crippen molar-refractivity contribution >= 4 is 75.6 Å². The number of aromatic nitrogens is 4. The van der Waals surface area contributed by atoms with Gasteiger partial charge in [-0.05, 0) is 64.2 Å². The molecule has 0 unspecified atom stereocenters. The molecule has 270 valence electrons. The van der Waals surface area contributed by atoms with Crippen LogP contribution in [0.2, 0.25) is 0 Å². The zero-order valence-electron chi connectivity index (χ0n) is 30.9. The molecule has 12 aromatic rings. The van der Waals surface area contributed by atoms with Crippen molar-refractivity contribution in [2.24, 2.45) is 0 Å². The molecule has 0 radical (unpaired) electrons. The molecule has 0 atom stereocenters. The van der Waals surface area contributed by atoms with Gasteiger partial charge < -0.3 is 4.42 Å². The van der Waals surface area contributed by atoms with Gasteiger partial charge in [0, 0.05) is 43.6 Å². The average Bonchev–Trinajstić information content (AvgIpc) is 3.85. The Hall–Kier alpha value is -7.54. The quantitative estimate of drug-likeness (QED) is 0.164. The molecule has 4 aromatic heterocycles. The number of nitrogens with zero attached hydrogens (tertiary/aromatic N) is 4. The first-order valence-electron chi connectivity index (χ1n) is 19.3. The Morgan fingerprint density at radius 3 is 1.88 bits per heavy atom. The van der Waals surface area contributed by atoms with Crippen molar-refractivity contribution in [3.8, 4) is 56.0 Å². The number of hydrogen-bond donors (Lipinski definition) is 0. The summed E-state index contributed by atoms with van der Waals surface area (Å²) in [5.41, 5.74) is 15.6. The summed E-state index contributed by atoms with van der Waals surface area (Å²) in [6.07, 6.45) is 0. The van der Waals surface area contributed by atoms with Crippen molar-refractivity contribution in [2.75, 3.05) is 0 Å². The largest absolute Gasteiger partial charge is 0.456 e. The predicted octanol–water partition coefficient (Wildman–Crippen LogP) is 14.2. The molecule has 5 nitrogen and oxygen atoms in total. The summed E-state index contributed by atoms with van der Waals surface area (Å²) in [4.78, 5) is 20.8. The Kier molecular flexibility index (Phi) is 7.33. The van der Waals surface area contributed by atoms with Crippen molar-refractivity contribution in [3.05, 3.63) is 182 Å². The minimum Gasteiger partial charge on any atom is -0.456 e. The van der Waals surface area contributed by atoms with E-state index in [0.717, 1.165) is 98.7 Å². The maximum atomic E-state index is 6.16. The Balaban J connectivity index is 0.954. The van der Waals surface area contributed by atoms with Crippen LogP contribution in [0.4, 0.5) is 0 Å². The molecule has 12 rings (SSSR count). The summed E-state index contributed by atoms with van der Waals surface area (Å²) < 4.78 is 8.45. The number of furan rings is 1. The summed E-state index contributed by atoms with van der Waals surface area (Å²) in [6, 6.07) is 63.4. The number of hydrogen-bond acceptors (Lipinski definition) is 6. The van der Waals surface area contributed by atoms with E-state index in [-0.39, 0.29) is 0 Å². The monoisotopic (exact) mass is 758 g/mol. The molecular formula is C52H30N4OS.